The number of amides is 1. The highest BCUT2D eigenvalue weighted by Crippen LogP contribution is 2.33. The molecule has 1 amide bonds. The lowest BCUT2D eigenvalue weighted by Crippen LogP contribution is -2.37. The van der Waals surface area contributed by atoms with Crippen molar-refractivity contribution in [2.24, 2.45) is 0 Å². The maximum Gasteiger partial charge on any atom is 0.256 e. The first-order chi connectivity index (χ1) is 16.4. The van der Waals surface area contributed by atoms with Crippen molar-refractivity contribution in [2.45, 2.75) is 19.4 Å². The van der Waals surface area contributed by atoms with E-state index in [-0.39, 0.29) is 22.4 Å². The number of carbonyl (C=O) groups is 1. The van der Waals surface area contributed by atoms with Gasteiger partial charge in [-0.2, -0.15) is 0 Å². The molecule has 1 aliphatic heterocycles. The zero-order chi connectivity index (χ0) is 23.8. The highest BCUT2D eigenvalue weighted by molar-refractivity contribution is 6.33. The lowest BCUT2D eigenvalue weighted by atomic mass is 10.1. The van der Waals surface area contributed by atoms with Crippen molar-refractivity contribution in [1.82, 2.24) is 15.3 Å². The molecule has 0 unspecified atom stereocenters. The largest absolute Gasteiger partial charge is 0.507 e. The molecule has 0 spiro atoms. The monoisotopic (exact) mass is 476 g/mol. The number of aromatic nitrogens is 2. The number of benzene rings is 3. The van der Waals surface area contributed by atoms with E-state index in [1.807, 2.05) is 31.2 Å². The molecule has 6 nitrogen and oxygen atoms in total. The molecule has 172 valence electrons. The van der Waals surface area contributed by atoms with Gasteiger partial charge in [-0.3, -0.25) is 4.79 Å². The molecule has 2 N–H and O–H groups in total. The average Bonchev–Trinajstić information content (AvgIpc) is 3.26. The Kier molecular flexibility index (Phi) is 5.79. The molecular weight excluding hydrogens is 455 g/mol. The molecule has 0 bridgehead atoms. The van der Waals surface area contributed by atoms with Crippen LogP contribution in [-0.4, -0.2) is 40.1 Å². The van der Waals surface area contributed by atoms with Gasteiger partial charge in [0.05, 0.1) is 21.7 Å². The number of rotatable bonds is 4. The second kappa shape index (κ2) is 8.91. The Balaban J connectivity index is 1.46. The Bertz CT molecular complexity index is 1390. The Labute approximate surface area is 201 Å². The lowest BCUT2D eigenvalue weighted by molar-refractivity contribution is 0.0936. The lowest BCUT2D eigenvalue weighted by Gasteiger charge is -2.21. The molecule has 1 fully saturated rings. The van der Waals surface area contributed by atoms with Crippen LogP contribution in [0.1, 0.15) is 22.3 Å². The van der Waals surface area contributed by atoms with E-state index in [1.54, 1.807) is 18.2 Å². The first-order valence-corrected chi connectivity index (χ1v) is 11.3. The van der Waals surface area contributed by atoms with Crippen molar-refractivity contribution in [3.05, 3.63) is 82.6 Å². The van der Waals surface area contributed by atoms with Crippen molar-refractivity contribution in [3.8, 4) is 17.1 Å². The van der Waals surface area contributed by atoms with Crippen LogP contribution in [0.5, 0.6) is 5.75 Å². The van der Waals surface area contributed by atoms with Gasteiger partial charge in [-0.25, -0.2) is 14.4 Å². The zero-order valence-electron chi connectivity index (χ0n) is 18.4. The molecule has 3 aromatic carbocycles. The van der Waals surface area contributed by atoms with E-state index >= 15 is 0 Å². The molecule has 34 heavy (non-hydrogen) atoms. The summed E-state index contributed by atoms with van der Waals surface area (Å²) in [5.74, 6) is 0.0758. The van der Waals surface area contributed by atoms with Gasteiger partial charge in [0, 0.05) is 24.5 Å². The Morgan fingerprint density at radius 2 is 1.97 bits per heavy atom. The predicted octanol–water partition coefficient (Wildman–Crippen LogP) is 5.11. The summed E-state index contributed by atoms with van der Waals surface area (Å²) in [5.41, 5.74) is 2.24. The van der Waals surface area contributed by atoms with Gasteiger partial charge in [0.25, 0.3) is 5.91 Å². The van der Waals surface area contributed by atoms with Crippen molar-refractivity contribution < 1.29 is 14.3 Å². The number of aryl methyl sites for hydroxylation is 1. The highest BCUT2D eigenvalue weighted by atomic mass is 35.5. The molecule has 5 rings (SSSR count). The third-order valence-electron chi connectivity index (χ3n) is 5.99. The van der Waals surface area contributed by atoms with Crippen LogP contribution in [0, 0.1) is 12.7 Å². The third kappa shape index (κ3) is 4.15. The van der Waals surface area contributed by atoms with Crippen LogP contribution in [0.4, 0.5) is 10.2 Å². The number of fused-ring (bicyclic) bond motifs is 1. The van der Waals surface area contributed by atoms with Crippen molar-refractivity contribution in [1.29, 1.82) is 0 Å². The van der Waals surface area contributed by atoms with Crippen LogP contribution in [0.25, 0.3) is 22.3 Å². The Morgan fingerprint density at radius 3 is 2.76 bits per heavy atom. The molecule has 1 aromatic heterocycles. The summed E-state index contributed by atoms with van der Waals surface area (Å²) < 4.78 is 14.2. The van der Waals surface area contributed by atoms with Gasteiger partial charge in [0.15, 0.2) is 5.82 Å². The van der Waals surface area contributed by atoms with Gasteiger partial charge in [-0.05, 0) is 55.3 Å². The zero-order valence-corrected chi connectivity index (χ0v) is 19.2. The van der Waals surface area contributed by atoms with Crippen LogP contribution in [0.2, 0.25) is 5.02 Å². The summed E-state index contributed by atoms with van der Waals surface area (Å²) in [5, 5.41) is 14.2. The van der Waals surface area contributed by atoms with E-state index in [0.29, 0.717) is 30.9 Å². The summed E-state index contributed by atoms with van der Waals surface area (Å²) in [4.78, 5) is 24.3. The van der Waals surface area contributed by atoms with Crippen LogP contribution < -0.4 is 10.2 Å². The number of anilines is 1. The minimum Gasteiger partial charge on any atom is -0.507 e. The van der Waals surface area contributed by atoms with Gasteiger partial charge >= 0.3 is 0 Å². The quantitative estimate of drug-likeness (QED) is 0.428. The molecule has 1 atom stereocenters. The maximum absolute atomic E-state index is 14.2. The SMILES string of the molecule is Cc1ccc2c(N3CC[C@@H](NC(=O)c4c(F)cccc4Cl)C3)nc(-c3ccccc3O)nc2c1. The number of phenols is 1. The number of hydrogen-bond acceptors (Lipinski definition) is 5. The fourth-order valence-corrected chi connectivity index (χ4v) is 4.54. The molecule has 1 saturated heterocycles. The molecule has 1 aliphatic rings. The highest BCUT2D eigenvalue weighted by Gasteiger charge is 2.28. The molecule has 0 radical (unpaired) electrons. The van der Waals surface area contributed by atoms with E-state index in [9.17, 15) is 14.3 Å². The maximum atomic E-state index is 14.2. The third-order valence-corrected chi connectivity index (χ3v) is 6.31. The van der Waals surface area contributed by atoms with Gasteiger partial charge in [-0.15, -0.1) is 0 Å². The van der Waals surface area contributed by atoms with Gasteiger partial charge in [0.1, 0.15) is 17.4 Å². The smallest absolute Gasteiger partial charge is 0.256 e. The first-order valence-electron chi connectivity index (χ1n) is 11.0. The Morgan fingerprint density at radius 1 is 1.15 bits per heavy atom. The van der Waals surface area contributed by atoms with E-state index in [4.69, 9.17) is 21.6 Å². The summed E-state index contributed by atoms with van der Waals surface area (Å²) in [6.45, 7) is 3.14. The standard InChI is InChI=1S/C26H22ClFN4O2/c1-15-9-10-17-21(13-15)30-24(18-5-2-3-8-22(18)33)31-25(17)32-12-11-16(14-32)29-26(34)23-19(27)6-4-7-20(23)28/h2-10,13,16,33H,11-12,14H2,1H3,(H,29,34)/t16-/m1/s1. The van der Waals surface area contributed by atoms with Gasteiger partial charge in [-0.1, -0.05) is 35.9 Å². The topological polar surface area (TPSA) is 78.4 Å². The summed E-state index contributed by atoms with van der Waals surface area (Å²) >= 11 is 6.05. The predicted molar refractivity (Wildman–Crippen MR) is 131 cm³/mol. The molecule has 4 aromatic rings. The van der Waals surface area contributed by atoms with E-state index in [1.165, 1.54) is 18.2 Å². The summed E-state index contributed by atoms with van der Waals surface area (Å²) in [7, 11) is 0. The van der Waals surface area contributed by atoms with Crippen LogP contribution in [0.3, 0.4) is 0 Å². The van der Waals surface area contributed by atoms with E-state index in [2.05, 4.69) is 10.2 Å². The molecule has 0 aliphatic carbocycles. The molecule has 0 saturated carbocycles. The number of carbonyl (C=O) groups excluding carboxylic acids is 1. The Hall–Kier alpha value is -3.71. The van der Waals surface area contributed by atoms with Crippen molar-refractivity contribution in [2.75, 3.05) is 18.0 Å². The fourth-order valence-electron chi connectivity index (χ4n) is 4.29. The number of phenolic OH excluding ortho intramolecular Hbond substituents is 1. The number of aromatic hydroxyl groups is 1. The first kappa shape index (κ1) is 22.1. The number of hydrogen-bond donors (Lipinski definition) is 2. The second-order valence-corrected chi connectivity index (χ2v) is 8.82. The number of para-hydroxylation sites is 1. The van der Waals surface area contributed by atoms with Gasteiger partial charge < -0.3 is 15.3 Å². The number of nitrogens with zero attached hydrogens (tertiary/aromatic N) is 3. The minimum atomic E-state index is -0.649. The average molecular weight is 477 g/mol. The summed E-state index contributed by atoms with van der Waals surface area (Å²) in [6.07, 6.45) is 0.668. The van der Waals surface area contributed by atoms with Gasteiger partial charge in [0.2, 0.25) is 0 Å². The molecule has 8 heteroatoms. The van der Waals surface area contributed by atoms with Crippen molar-refractivity contribution in [3.63, 3.8) is 0 Å². The van der Waals surface area contributed by atoms with Crippen molar-refractivity contribution >= 4 is 34.2 Å². The normalized spacial score (nSPS) is 15.6. The minimum absolute atomic E-state index is 0.0804. The van der Waals surface area contributed by atoms with E-state index < -0.39 is 11.7 Å². The number of nitrogens with one attached hydrogen (secondary N) is 1. The van der Waals surface area contributed by atoms with Crippen LogP contribution >= 0.6 is 11.6 Å². The van der Waals surface area contributed by atoms with Crippen LogP contribution in [0.15, 0.2) is 60.7 Å². The van der Waals surface area contributed by atoms with E-state index in [0.717, 1.165) is 22.3 Å². The molecular formula is C26H22ClFN4O2. The van der Waals surface area contributed by atoms with Crippen LogP contribution in [-0.2, 0) is 0 Å². The molecule has 2 heterocycles. The fraction of sp³-hybridized carbons (Fsp3) is 0.192. The summed E-state index contributed by atoms with van der Waals surface area (Å²) in [6, 6.07) is 16.9. The number of halogens is 2. The second-order valence-electron chi connectivity index (χ2n) is 8.41.